The van der Waals surface area contributed by atoms with Crippen molar-refractivity contribution in [3.8, 4) is 0 Å². The van der Waals surface area contributed by atoms with Gasteiger partial charge in [-0.3, -0.25) is 0 Å². The molecule has 0 amide bonds. The van der Waals surface area contributed by atoms with Crippen LogP contribution < -0.4 is 0 Å². The lowest BCUT2D eigenvalue weighted by atomic mass is 10.2. The van der Waals surface area contributed by atoms with Crippen molar-refractivity contribution in [1.82, 2.24) is 0 Å². The second kappa shape index (κ2) is 6.22. The number of esters is 1. The van der Waals surface area contributed by atoms with E-state index in [4.69, 9.17) is 27.0 Å². The Labute approximate surface area is 134 Å². The third-order valence-corrected chi connectivity index (χ3v) is 5.27. The van der Waals surface area contributed by atoms with Gasteiger partial charge in [0.25, 0.3) is 9.05 Å². The standard InChI is InChI=1S/C12H11BrCl2O4S/c13-8-5-9(11(14)10(6-8)20(15,17)18)12(16)19-4-3-7-1-2-7/h5-7H,1-4H2. The van der Waals surface area contributed by atoms with E-state index in [-0.39, 0.29) is 15.5 Å². The van der Waals surface area contributed by atoms with Crippen LogP contribution in [0.15, 0.2) is 21.5 Å². The Morgan fingerprint density at radius 1 is 1.40 bits per heavy atom. The highest BCUT2D eigenvalue weighted by Crippen LogP contribution is 2.33. The van der Waals surface area contributed by atoms with Crippen LogP contribution in [0.4, 0.5) is 0 Å². The third-order valence-electron chi connectivity index (χ3n) is 2.94. The fourth-order valence-electron chi connectivity index (χ4n) is 1.69. The van der Waals surface area contributed by atoms with Crippen LogP contribution in [0.3, 0.4) is 0 Å². The van der Waals surface area contributed by atoms with E-state index in [9.17, 15) is 13.2 Å². The van der Waals surface area contributed by atoms with Crippen LogP contribution in [0.2, 0.25) is 5.02 Å². The molecule has 1 aliphatic carbocycles. The fourth-order valence-corrected chi connectivity index (χ4v) is 3.87. The van der Waals surface area contributed by atoms with Gasteiger partial charge in [0, 0.05) is 15.2 Å². The Morgan fingerprint density at radius 2 is 2.05 bits per heavy atom. The van der Waals surface area contributed by atoms with Crippen molar-refractivity contribution in [1.29, 1.82) is 0 Å². The van der Waals surface area contributed by atoms with Gasteiger partial charge in [-0.15, -0.1) is 0 Å². The van der Waals surface area contributed by atoms with E-state index in [1.807, 2.05) is 0 Å². The Hall–Kier alpha value is -0.300. The first-order valence-electron chi connectivity index (χ1n) is 5.90. The minimum atomic E-state index is -4.03. The van der Waals surface area contributed by atoms with E-state index >= 15 is 0 Å². The number of halogens is 3. The number of carbonyl (C=O) groups is 1. The van der Waals surface area contributed by atoms with Crippen LogP contribution in [0.5, 0.6) is 0 Å². The molecule has 1 aliphatic rings. The lowest BCUT2D eigenvalue weighted by Crippen LogP contribution is -2.09. The molecule has 0 saturated heterocycles. The van der Waals surface area contributed by atoms with Gasteiger partial charge in [-0.05, 0) is 24.5 Å². The molecule has 1 aromatic carbocycles. The zero-order chi connectivity index (χ0) is 14.9. The van der Waals surface area contributed by atoms with E-state index in [0.29, 0.717) is 17.0 Å². The van der Waals surface area contributed by atoms with E-state index in [1.165, 1.54) is 25.0 Å². The summed E-state index contributed by atoms with van der Waals surface area (Å²) in [5, 5.41) is -0.223. The first-order valence-corrected chi connectivity index (χ1v) is 9.38. The zero-order valence-electron chi connectivity index (χ0n) is 10.2. The van der Waals surface area contributed by atoms with E-state index in [1.54, 1.807) is 0 Å². The van der Waals surface area contributed by atoms with Crippen LogP contribution in [0, 0.1) is 5.92 Å². The molecule has 0 aliphatic heterocycles. The molecule has 1 fully saturated rings. The van der Waals surface area contributed by atoms with Crippen LogP contribution in [-0.4, -0.2) is 21.0 Å². The van der Waals surface area contributed by atoms with E-state index in [2.05, 4.69) is 15.9 Å². The normalized spacial score (nSPS) is 15.2. The molecule has 2 rings (SSSR count). The maximum Gasteiger partial charge on any atom is 0.339 e. The summed E-state index contributed by atoms with van der Waals surface area (Å²) in [7, 11) is 1.25. The van der Waals surface area contributed by atoms with Crippen LogP contribution in [-0.2, 0) is 13.8 Å². The Kier molecular flexibility index (Phi) is 5.00. The van der Waals surface area contributed by atoms with Gasteiger partial charge in [0.15, 0.2) is 0 Å². The summed E-state index contributed by atoms with van der Waals surface area (Å²) >= 11 is 9.05. The number of rotatable bonds is 5. The van der Waals surface area contributed by atoms with Crippen LogP contribution in [0.25, 0.3) is 0 Å². The summed E-state index contributed by atoms with van der Waals surface area (Å²) in [6, 6.07) is 2.65. The predicted molar refractivity (Wildman–Crippen MR) is 79.8 cm³/mol. The lowest BCUT2D eigenvalue weighted by molar-refractivity contribution is 0.0494. The predicted octanol–water partition coefficient (Wildman–Crippen LogP) is 3.99. The van der Waals surface area contributed by atoms with E-state index in [0.717, 1.165) is 6.42 Å². The third kappa shape index (κ3) is 4.10. The quantitative estimate of drug-likeness (QED) is 0.552. The first-order chi connectivity index (χ1) is 9.29. The topological polar surface area (TPSA) is 60.4 Å². The Bertz CT molecular complexity index is 641. The van der Waals surface area contributed by atoms with Gasteiger partial charge < -0.3 is 4.74 Å². The molecule has 20 heavy (non-hydrogen) atoms. The van der Waals surface area contributed by atoms with Crippen molar-refractivity contribution in [3.63, 3.8) is 0 Å². The molecule has 8 heteroatoms. The molecule has 0 heterocycles. The molecule has 0 N–H and O–H groups in total. The average Bonchev–Trinajstić information content (AvgIpc) is 3.14. The Balaban J connectivity index is 2.21. The second-order valence-electron chi connectivity index (χ2n) is 4.57. The second-order valence-corrected chi connectivity index (χ2v) is 8.40. The van der Waals surface area contributed by atoms with Gasteiger partial charge in [0.2, 0.25) is 0 Å². The average molecular weight is 402 g/mol. The molecule has 4 nitrogen and oxygen atoms in total. The molecular formula is C12H11BrCl2O4S. The minimum absolute atomic E-state index is 0.0175. The zero-order valence-corrected chi connectivity index (χ0v) is 14.1. The van der Waals surface area contributed by atoms with Gasteiger partial charge in [-0.2, -0.15) is 0 Å². The summed E-state index contributed by atoms with van der Waals surface area (Å²) in [4.78, 5) is 11.6. The van der Waals surface area contributed by atoms with Gasteiger partial charge in [-0.1, -0.05) is 40.4 Å². The highest BCUT2D eigenvalue weighted by molar-refractivity contribution is 9.10. The lowest BCUT2D eigenvalue weighted by Gasteiger charge is -2.09. The number of hydrogen-bond acceptors (Lipinski definition) is 4. The summed E-state index contributed by atoms with van der Waals surface area (Å²) < 4.78 is 28.3. The molecule has 110 valence electrons. The SMILES string of the molecule is O=C(OCCC1CC1)c1cc(Br)cc(S(=O)(=O)Cl)c1Cl. The minimum Gasteiger partial charge on any atom is -0.462 e. The van der Waals surface area contributed by atoms with Crippen molar-refractivity contribution in [3.05, 3.63) is 27.2 Å². The largest absolute Gasteiger partial charge is 0.462 e. The van der Waals surface area contributed by atoms with Gasteiger partial charge in [-0.25, -0.2) is 13.2 Å². The Morgan fingerprint density at radius 3 is 2.60 bits per heavy atom. The molecule has 0 bridgehead atoms. The van der Waals surface area contributed by atoms with Crippen molar-refractivity contribution in [2.24, 2.45) is 5.92 Å². The number of benzene rings is 1. The summed E-state index contributed by atoms with van der Waals surface area (Å²) in [6.07, 6.45) is 3.16. The monoisotopic (exact) mass is 400 g/mol. The highest BCUT2D eigenvalue weighted by atomic mass is 79.9. The van der Waals surface area contributed by atoms with Gasteiger partial charge in [0.1, 0.15) is 4.90 Å². The van der Waals surface area contributed by atoms with Crippen molar-refractivity contribution < 1.29 is 17.9 Å². The van der Waals surface area contributed by atoms with Crippen LogP contribution >= 0.6 is 38.2 Å². The smallest absolute Gasteiger partial charge is 0.339 e. The van der Waals surface area contributed by atoms with Crippen LogP contribution in [0.1, 0.15) is 29.6 Å². The van der Waals surface area contributed by atoms with Crippen molar-refractivity contribution in [2.75, 3.05) is 6.61 Å². The maximum atomic E-state index is 11.9. The molecular weight excluding hydrogens is 391 g/mol. The summed E-state index contributed by atoms with van der Waals surface area (Å²) in [6.45, 7) is 0.301. The highest BCUT2D eigenvalue weighted by Gasteiger charge is 2.24. The molecule has 0 spiro atoms. The number of carbonyl (C=O) groups excluding carboxylic acids is 1. The molecule has 0 aromatic heterocycles. The van der Waals surface area contributed by atoms with E-state index < -0.39 is 15.0 Å². The number of hydrogen-bond donors (Lipinski definition) is 0. The fraction of sp³-hybridized carbons (Fsp3) is 0.417. The van der Waals surface area contributed by atoms with Crippen molar-refractivity contribution >= 4 is 53.2 Å². The molecule has 0 unspecified atom stereocenters. The molecule has 0 radical (unpaired) electrons. The summed E-state index contributed by atoms with van der Waals surface area (Å²) in [5.74, 6) is -0.0157. The first kappa shape index (κ1) is 16.1. The number of ether oxygens (including phenoxy) is 1. The molecule has 1 aromatic rings. The molecule has 1 saturated carbocycles. The molecule has 0 atom stereocenters. The summed E-state index contributed by atoms with van der Waals surface area (Å²) in [5.41, 5.74) is -0.0175. The van der Waals surface area contributed by atoms with Crippen molar-refractivity contribution in [2.45, 2.75) is 24.2 Å². The van der Waals surface area contributed by atoms with Gasteiger partial charge in [0.05, 0.1) is 17.2 Å². The van der Waals surface area contributed by atoms with Gasteiger partial charge >= 0.3 is 5.97 Å². The maximum absolute atomic E-state index is 11.9.